The van der Waals surface area contributed by atoms with Crippen LogP contribution in [-0.2, 0) is 0 Å². The molecule has 0 aliphatic carbocycles. The highest BCUT2D eigenvalue weighted by Gasteiger charge is 2.14. The maximum atomic E-state index is 5.81. The quantitative estimate of drug-likeness (QED) is 0.911. The fraction of sp³-hybridized carbons (Fsp3) is 0.312. The van der Waals surface area contributed by atoms with E-state index in [1.165, 1.54) is 24.0 Å². The van der Waals surface area contributed by atoms with E-state index in [-0.39, 0.29) is 0 Å². The molecule has 1 saturated heterocycles. The molecular formula is C16H18N2O. The third-order valence-corrected chi connectivity index (χ3v) is 3.48. The van der Waals surface area contributed by atoms with E-state index < -0.39 is 0 Å². The molecule has 1 unspecified atom stereocenters. The van der Waals surface area contributed by atoms with Gasteiger partial charge >= 0.3 is 0 Å². The average molecular weight is 254 g/mol. The van der Waals surface area contributed by atoms with Crippen molar-refractivity contribution in [1.82, 2.24) is 10.3 Å². The van der Waals surface area contributed by atoms with Crippen molar-refractivity contribution in [2.75, 3.05) is 13.2 Å². The molecule has 3 nitrogen and oxygen atoms in total. The van der Waals surface area contributed by atoms with Crippen LogP contribution in [0.2, 0.25) is 0 Å². The molecule has 3 heteroatoms. The smallest absolute Gasteiger partial charge is 0.119 e. The van der Waals surface area contributed by atoms with E-state index in [0.717, 1.165) is 18.9 Å². The molecule has 2 heterocycles. The molecule has 0 spiro atoms. The van der Waals surface area contributed by atoms with E-state index in [4.69, 9.17) is 4.74 Å². The predicted molar refractivity (Wildman–Crippen MR) is 76.2 cm³/mol. The summed E-state index contributed by atoms with van der Waals surface area (Å²) in [5.41, 5.74) is 2.37. The Morgan fingerprint density at radius 1 is 1.05 bits per heavy atom. The maximum Gasteiger partial charge on any atom is 0.119 e. The zero-order chi connectivity index (χ0) is 12.9. The number of nitrogens with one attached hydrogen (secondary N) is 1. The van der Waals surface area contributed by atoms with Gasteiger partial charge in [-0.15, -0.1) is 0 Å². The molecule has 1 aliphatic heterocycles. The van der Waals surface area contributed by atoms with Crippen molar-refractivity contribution in [2.24, 2.45) is 0 Å². The minimum atomic E-state index is 0.514. The number of hydrogen-bond donors (Lipinski definition) is 1. The number of benzene rings is 1. The van der Waals surface area contributed by atoms with Gasteiger partial charge in [-0.2, -0.15) is 0 Å². The summed E-state index contributed by atoms with van der Waals surface area (Å²) in [6.45, 7) is 1.88. The van der Waals surface area contributed by atoms with Gasteiger partial charge in [0.05, 0.1) is 0 Å². The SMILES string of the molecule is c1cc(-c2ccc(OCC3CCCN3)cc2)ccn1. The third kappa shape index (κ3) is 3.12. The van der Waals surface area contributed by atoms with Gasteiger partial charge in [0, 0.05) is 18.4 Å². The standard InChI is InChI=1S/C16H18N2O/c1-2-15(18-9-1)12-19-16-5-3-13(4-6-16)14-7-10-17-11-8-14/h3-8,10-11,15,18H,1-2,9,12H2. The van der Waals surface area contributed by atoms with E-state index in [0.29, 0.717) is 6.04 Å². The van der Waals surface area contributed by atoms with Gasteiger partial charge in [0.25, 0.3) is 0 Å². The third-order valence-electron chi connectivity index (χ3n) is 3.48. The Balaban J connectivity index is 1.62. The molecule has 0 amide bonds. The lowest BCUT2D eigenvalue weighted by molar-refractivity contribution is 0.277. The first-order valence-electron chi connectivity index (χ1n) is 6.78. The van der Waals surface area contributed by atoms with Crippen molar-refractivity contribution in [1.29, 1.82) is 0 Å². The van der Waals surface area contributed by atoms with E-state index in [2.05, 4.69) is 22.4 Å². The van der Waals surface area contributed by atoms with Gasteiger partial charge in [0.1, 0.15) is 12.4 Å². The van der Waals surface area contributed by atoms with Crippen molar-refractivity contribution >= 4 is 0 Å². The van der Waals surface area contributed by atoms with Crippen LogP contribution in [0.4, 0.5) is 0 Å². The molecule has 0 bridgehead atoms. The first-order valence-corrected chi connectivity index (χ1v) is 6.78. The van der Waals surface area contributed by atoms with Gasteiger partial charge in [-0.05, 0) is 54.8 Å². The normalized spacial score (nSPS) is 18.4. The Hall–Kier alpha value is -1.87. The summed E-state index contributed by atoms with van der Waals surface area (Å²) in [5, 5.41) is 3.43. The molecule has 3 rings (SSSR count). The molecule has 0 saturated carbocycles. The highest BCUT2D eigenvalue weighted by atomic mass is 16.5. The van der Waals surface area contributed by atoms with Gasteiger partial charge < -0.3 is 10.1 Å². The van der Waals surface area contributed by atoms with Crippen molar-refractivity contribution < 1.29 is 4.74 Å². The summed E-state index contributed by atoms with van der Waals surface area (Å²) in [6.07, 6.45) is 6.10. The first kappa shape index (κ1) is 12.2. The number of nitrogens with zero attached hydrogens (tertiary/aromatic N) is 1. The van der Waals surface area contributed by atoms with Gasteiger partial charge in [-0.25, -0.2) is 0 Å². The Morgan fingerprint density at radius 3 is 2.47 bits per heavy atom. The summed E-state index contributed by atoms with van der Waals surface area (Å²) in [5.74, 6) is 0.937. The summed E-state index contributed by atoms with van der Waals surface area (Å²) in [6, 6.07) is 12.8. The summed E-state index contributed by atoms with van der Waals surface area (Å²) in [7, 11) is 0. The molecular weight excluding hydrogens is 236 g/mol. The zero-order valence-corrected chi connectivity index (χ0v) is 10.9. The predicted octanol–water partition coefficient (Wildman–Crippen LogP) is 2.88. The van der Waals surface area contributed by atoms with Crippen LogP contribution in [0.3, 0.4) is 0 Å². The average Bonchev–Trinajstić information content (AvgIpc) is 3.00. The first-order chi connectivity index (χ1) is 9.42. The van der Waals surface area contributed by atoms with Crippen LogP contribution in [0.15, 0.2) is 48.8 Å². The second kappa shape index (κ2) is 5.85. The van der Waals surface area contributed by atoms with Crippen LogP contribution in [0.25, 0.3) is 11.1 Å². The molecule has 1 atom stereocenters. The monoisotopic (exact) mass is 254 g/mol. The molecule has 2 aromatic rings. The topological polar surface area (TPSA) is 34.1 Å². The van der Waals surface area contributed by atoms with Gasteiger partial charge in [0.15, 0.2) is 0 Å². The molecule has 1 aliphatic rings. The molecule has 98 valence electrons. The van der Waals surface area contributed by atoms with Crippen molar-refractivity contribution in [3.8, 4) is 16.9 Å². The van der Waals surface area contributed by atoms with Crippen molar-refractivity contribution in [3.63, 3.8) is 0 Å². The summed E-state index contributed by atoms with van der Waals surface area (Å²) >= 11 is 0. The molecule has 1 N–H and O–H groups in total. The maximum absolute atomic E-state index is 5.81. The fourth-order valence-corrected chi connectivity index (χ4v) is 2.38. The van der Waals surface area contributed by atoms with E-state index in [1.54, 1.807) is 0 Å². The van der Waals surface area contributed by atoms with Crippen molar-refractivity contribution in [2.45, 2.75) is 18.9 Å². The van der Waals surface area contributed by atoms with E-state index in [9.17, 15) is 0 Å². The Bertz CT molecular complexity index is 504. The lowest BCUT2D eigenvalue weighted by Gasteiger charge is -2.12. The molecule has 1 fully saturated rings. The van der Waals surface area contributed by atoms with Crippen molar-refractivity contribution in [3.05, 3.63) is 48.8 Å². The summed E-state index contributed by atoms with van der Waals surface area (Å²) in [4.78, 5) is 4.03. The highest BCUT2D eigenvalue weighted by Crippen LogP contribution is 2.22. The number of aromatic nitrogens is 1. The number of pyridine rings is 1. The molecule has 1 aromatic carbocycles. The minimum absolute atomic E-state index is 0.514. The van der Waals surface area contributed by atoms with Crippen LogP contribution >= 0.6 is 0 Å². The zero-order valence-electron chi connectivity index (χ0n) is 10.9. The van der Waals surface area contributed by atoms with E-state index in [1.807, 2.05) is 36.7 Å². The van der Waals surface area contributed by atoms with Gasteiger partial charge in [-0.1, -0.05) is 12.1 Å². The lowest BCUT2D eigenvalue weighted by atomic mass is 10.1. The lowest BCUT2D eigenvalue weighted by Crippen LogP contribution is -2.28. The highest BCUT2D eigenvalue weighted by molar-refractivity contribution is 5.63. The molecule has 19 heavy (non-hydrogen) atoms. The fourth-order valence-electron chi connectivity index (χ4n) is 2.38. The largest absolute Gasteiger partial charge is 0.492 e. The molecule has 1 aromatic heterocycles. The summed E-state index contributed by atoms with van der Waals surface area (Å²) < 4.78 is 5.81. The Morgan fingerprint density at radius 2 is 1.79 bits per heavy atom. The van der Waals surface area contributed by atoms with E-state index >= 15 is 0 Å². The minimum Gasteiger partial charge on any atom is -0.492 e. The number of ether oxygens (including phenoxy) is 1. The van der Waals surface area contributed by atoms with Gasteiger partial charge in [-0.3, -0.25) is 4.98 Å². The second-order valence-electron chi connectivity index (χ2n) is 4.86. The number of rotatable bonds is 4. The van der Waals surface area contributed by atoms with Crippen LogP contribution < -0.4 is 10.1 Å². The van der Waals surface area contributed by atoms with Crippen LogP contribution in [-0.4, -0.2) is 24.2 Å². The second-order valence-corrected chi connectivity index (χ2v) is 4.86. The van der Waals surface area contributed by atoms with Crippen LogP contribution in [0, 0.1) is 0 Å². The Kier molecular flexibility index (Phi) is 3.75. The van der Waals surface area contributed by atoms with Crippen LogP contribution in [0.1, 0.15) is 12.8 Å². The molecule has 0 radical (unpaired) electrons. The number of hydrogen-bond acceptors (Lipinski definition) is 3. The van der Waals surface area contributed by atoms with Crippen LogP contribution in [0.5, 0.6) is 5.75 Å². The Labute approximate surface area is 113 Å². The van der Waals surface area contributed by atoms with Gasteiger partial charge in [0.2, 0.25) is 0 Å².